The van der Waals surface area contributed by atoms with Crippen molar-refractivity contribution in [1.82, 2.24) is 9.88 Å². The molecule has 0 spiro atoms. The summed E-state index contributed by atoms with van der Waals surface area (Å²) in [7, 11) is 4.37. The highest BCUT2D eigenvalue weighted by atomic mass is 79.9. The molecule has 0 fully saturated rings. The average Bonchev–Trinajstić information content (AvgIpc) is 2.64. The first kappa shape index (κ1) is 11.4. The third-order valence-electron chi connectivity index (χ3n) is 4.02. The molecule has 1 aromatic rings. The molecule has 0 aromatic carbocycles. The molecule has 17 heavy (non-hydrogen) atoms. The molecule has 1 atom stereocenters. The van der Waals surface area contributed by atoms with Crippen molar-refractivity contribution in [3.8, 4) is 0 Å². The van der Waals surface area contributed by atoms with E-state index in [1.54, 1.807) is 11.1 Å². The van der Waals surface area contributed by atoms with E-state index in [2.05, 4.69) is 52.0 Å². The summed E-state index contributed by atoms with van der Waals surface area (Å²) in [6.45, 7) is 0. The average molecular weight is 293 g/mol. The number of pyridine rings is 1. The molecule has 2 nitrogen and oxygen atoms in total. The number of aromatic nitrogens is 1. The molecular formula is C14H17BrN2. The van der Waals surface area contributed by atoms with Crippen molar-refractivity contribution in [3.05, 3.63) is 33.6 Å². The summed E-state index contributed by atoms with van der Waals surface area (Å²) < 4.78 is 0.959. The van der Waals surface area contributed by atoms with Gasteiger partial charge in [-0.3, -0.25) is 0 Å². The lowest BCUT2D eigenvalue weighted by molar-refractivity contribution is 0.277. The summed E-state index contributed by atoms with van der Waals surface area (Å²) >= 11 is 3.46. The topological polar surface area (TPSA) is 16.1 Å². The largest absolute Gasteiger partial charge is 0.306 e. The lowest BCUT2D eigenvalue weighted by atomic mass is 9.88. The molecule has 3 heteroatoms. The van der Waals surface area contributed by atoms with Crippen molar-refractivity contribution >= 4 is 21.5 Å². The van der Waals surface area contributed by atoms with Gasteiger partial charge in [0.15, 0.2) is 0 Å². The SMILES string of the molecule is CN(C)C1CCC2=C(C1)c1ccc(Br)nc1C2. The first-order chi connectivity index (χ1) is 8.15. The standard InChI is InChI=1S/C14H17BrN2/c1-17(2)10-4-3-9-7-13-11(12(9)8-10)5-6-14(15)16-13/h5-6,10H,3-4,7-8H2,1-2H3. The zero-order valence-electron chi connectivity index (χ0n) is 10.3. The van der Waals surface area contributed by atoms with Crippen LogP contribution < -0.4 is 0 Å². The number of hydrogen-bond donors (Lipinski definition) is 0. The van der Waals surface area contributed by atoms with Gasteiger partial charge in [-0.15, -0.1) is 0 Å². The molecule has 0 saturated carbocycles. The van der Waals surface area contributed by atoms with Gasteiger partial charge in [0.1, 0.15) is 4.60 Å². The van der Waals surface area contributed by atoms with E-state index < -0.39 is 0 Å². The number of halogens is 1. The van der Waals surface area contributed by atoms with Crippen molar-refractivity contribution in [2.45, 2.75) is 31.7 Å². The second kappa shape index (κ2) is 4.21. The Balaban J connectivity index is 1.95. The van der Waals surface area contributed by atoms with Crippen molar-refractivity contribution in [3.63, 3.8) is 0 Å². The highest BCUT2D eigenvalue weighted by molar-refractivity contribution is 9.10. The Morgan fingerprint density at radius 2 is 2.18 bits per heavy atom. The van der Waals surface area contributed by atoms with Crippen LogP contribution in [0.4, 0.5) is 0 Å². The lowest BCUT2D eigenvalue weighted by Gasteiger charge is -2.29. The minimum atomic E-state index is 0.698. The van der Waals surface area contributed by atoms with E-state index in [9.17, 15) is 0 Å². The maximum Gasteiger partial charge on any atom is 0.106 e. The third kappa shape index (κ3) is 1.95. The van der Waals surface area contributed by atoms with Crippen LogP contribution in [0.3, 0.4) is 0 Å². The van der Waals surface area contributed by atoms with Gasteiger partial charge in [-0.1, -0.05) is 11.6 Å². The quantitative estimate of drug-likeness (QED) is 0.739. The zero-order chi connectivity index (χ0) is 12.0. The molecule has 1 unspecified atom stereocenters. The molecule has 0 N–H and O–H groups in total. The predicted octanol–water partition coefficient (Wildman–Crippen LogP) is 3.27. The first-order valence-corrected chi connectivity index (χ1v) is 6.97. The lowest BCUT2D eigenvalue weighted by Crippen LogP contribution is -2.30. The van der Waals surface area contributed by atoms with Gasteiger partial charge in [-0.2, -0.15) is 0 Å². The molecule has 0 bridgehead atoms. The van der Waals surface area contributed by atoms with Crippen LogP contribution in [0, 0.1) is 0 Å². The van der Waals surface area contributed by atoms with Crippen LogP contribution in [0.25, 0.3) is 5.57 Å². The molecule has 0 radical (unpaired) electrons. The summed E-state index contributed by atoms with van der Waals surface area (Å²) in [5.41, 5.74) is 5.87. The third-order valence-corrected chi connectivity index (χ3v) is 4.46. The Kier molecular flexibility index (Phi) is 2.83. The summed E-state index contributed by atoms with van der Waals surface area (Å²) in [4.78, 5) is 6.96. The van der Waals surface area contributed by atoms with Gasteiger partial charge in [-0.05, 0) is 66.5 Å². The van der Waals surface area contributed by atoms with Crippen LogP contribution in [0.15, 0.2) is 22.3 Å². The smallest absolute Gasteiger partial charge is 0.106 e. The van der Waals surface area contributed by atoms with Gasteiger partial charge in [0.2, 0.25) is 0 Å². The van der Waals surface area contributed by atoms with Crippen LogP contribution in [0.1, 0.15) is 30.5 Å². The van der Waals surface area contributed by atoms with Crippen molar-refractivity contribution in [2.75, 3.05) is 14.1 Å². The number of allylic oxidation sites excluding steroid dienone is 1. The minimum absolute atomic E-state index is 0.698. The summed E-state index contributed by atoms with van der Waals surface area (Å²) in [5.74, 6) is 0. The fourth-order valence-electron chi connectivity index (χ4n) is 3.00. The Hall–Kier alpha value is -0.670. The van der Waals surface area contributed by atoms with E-state index in [0.29, 0.717) is 6.04 Å². The van der Waals surface area contributed by atoms with Crippen LogP contribution >= 0.6 is 15.9 Å². The number of rotatable bonds is 1. The van der Waals surface area contributed by atoms with Gasteiger partial charge < -0.3 is 4.90 Å². The van der Waals surface area contributed by atoms with E-state index in [1.165, 1.54) is 30.5 Å². The van der Waals surface area contributed by atoms with Gasteiger partial charge in [0.25, 0.3) is 0 Å². The van der Waals surface area contributed by atoms with E-state index in [1.807, 2.05) is 0 Å². The fraction of sp³-hybridized carbons (Fsp3) is 0.500. The molecule has 3 rings (SSSR count). The van der Waals surface area contributed by atoms with Crippen molar-refractivity contribution in [2.24, 2.45) is 0 Å². The predicted molar refractivity (Wildman–Crippen MR) is 73.9 cm³/mol. The number of hydrogen-bond acceptors (Lipinski definition) is 2. The van der Waals surface area contributed by atoms with E-state index in [-0.39, 0.29) is 0 Å². The Labute approximate surface area is 111 Å². The molecule has 1 heterocycles. The molecule has 0 saturated heterocycles. The van der Waals surface area contributed by atoms with Crippen molar-refractivity contribution in [1.29, 1.82) is 0 Å². The van der Waals surface area contributed by atoms with Crippen LogP contribution in [-0.4, -0.2) is 30.0 Å². The Morgan fingerprint density at radius 3 is 2.94 bits per heavy atom. The zero-order valence-corrected chi connectivity index (χ0v) is 11.9. The van der Waals surface area contributed by atoms with E-state index >= 15 is 0 Å². The fourth-order valence-corrected chi connectivity index (χ4v) is 3.34. The van der Waals surface area contributed by atoms with Gasteiger partial charge >= 0.3 is 0 Å². The second-order valence-corrected chi connectivity index (χ2v) is 6.06. The Bertz CT molecular complexity index is 491. The molecule has 0 aliphatic heterocycles. The minimum Gasteiger partial charge on any atom is -0.306 e. The van der Waals surface area contributed by atoms with E-state index in [4.69, 9.17) is 0 Å². The first-order valence-electron chi connectivity index (χ1n) is 6.18. The molecule has 1 aromatic heterocycles. The molecule has 2 aliphatic rings. The van der Waals surface area contributed by atoms with E-state index in [0.717, 1.165) is 11.0 Å². The molecule has 0 amide bonds. The number of nitrogens with zero attached hydrogens (tertiary/aromatic N) is 2. The normalized spacial score (nSPS) is 22.9. The molecule has 90 valence electrons. The van der Waals surface area contributed by atoms with Gasteiger partial charge in [0, 0.05) is 12.5 Å². The van der Waals surface area contributed by atoms with Crippen LogP contribution in [-0.2, 0) is 6.42 Å². The van der Waals surface area contributed by atoms with Crippen LogP contribution in [0.2, 0.25) is 0 Å². The molecule has 2 aliphatic carbocycles. The van der Waals surface area contributed by atoms with Gasteiger partial charge in [-0.25, -0.2) is 4.98 Å². The number of fused-ring (bicyclic) bond motifs is 2. The summed E-state index contributed by atoms with van der Waals surface area (Å²) in [6, 6.07) is 4.99. The van der Waals surface area contributed by atoms with Crippen LogP contribution in [0.5, 0.6) is 0 Å². The molecular weight excluding hydrogens is 276 g/mol. The maximum absolute atomic E-state index is 4.61. The van der Waals surface area contributed by atoms with Gasteiger partial charge in [0.05, 0.1) is 5.69 Å². The summed E-state index contributed by atoms with van der Waals surface area (Å²) in [5, 5.41) is 0. The maximum atomic E-state index is 4.61. The second-order valence-electron chi connectivity index (χ2n) is 5.25. The summed E-state index contributed by atoms with van der Waals surface area (Å²) in [6.07, 6.45) is 4.80. The Morgan fingerprint density at radius 1 is 1.35 bits per heavy atom. The highest BCUT2D eigenvalue weighted by Gasteiger charge is 2.29. The van der Waals surface area contributed by atoms with Crippen molar-refractivity contribution < 1.29 is 0 Å². The monoisotopic (exact) mass is 292 g/mol. The highest BCUT2D eigenvalue weighted by Crippen LogP contribution is 2.41.